The summed E-state index contributed by atoms with van der Waals surface area (Å²) in [6.07, 6.45) is 2.16. The van der Waals surface area contributed by atoms with Crippen LogP contribution < -0.4 is 4.90 Å². The smallest absolute Gasteiger partial charge is 0.0484 e. The highest BCUT2D eigenvalue weighted by Crippen LogP contribution is 2.24. The van der Waals surface area contributed by atoms with Crippen molar-refractivity contribution in [1.82, 2.24) is 4.57 Å². The molecular weight excluding hydrogens is 184 g/mol. The predicted molar refractivity (Wildman–Crippen MR) is 66.7 cm³/mol. The summed E-state index contributed by atoms with van der Waals surface area (Å²) in [7, 11) is 4.14. The molecule has 0 saturated carbocycles. The van der Waals surface area contributed by atoms with E-state index in [2.05, 4.69) is 67.9 Å². The van der Waals surface area contributed by atoms with Gasteiger partial charge in [-0.25, -0.2) is 0 Å². The van der Waals surface area contributed by atoms with Crippen LogP contribution in [0.25, 0.3) is 10.9 Å². The Bertz CT molecular complexity index is 466. The Morgan fingerprint density at radius 3 is 2.47 bits per heavy atom. The number of aromatic nitrogens is 1. The number of fused-ring (bicyclic) bond motifs is 1. The molecule has 1 aromatic carbocycles. The highest BCUT2D eigenvalue weighted by Gasteiger charge is 2.04. The molecule has 15 heavy (non-hydrogen) atoms. The average Bonchev–Trinajstić information content (AvgIpc) is 2.59. The molecular formula is C13H18N2. The topological polar surface area (TPSA) is 8.17 Å². The van der Waals surface area contributed by atoms with Crippen LogP contribution >= 0.6 is 0 Å². The van der Waals surface area contributed by atoms with E-state index in [0.717, 1.165) is 0 Å². The van der Waals surface area contributed by atoms with E-state index in [4.69, 9.17) is 0 Å². The lowest BCUT2D eigenvalue weighted by molar-refractivity contribution is 0.623. The molecule has 0 aliphatic heterocycles. The van der Waals surface area contributed by atoms with E-state index in [0.29, 0.717) is 6.04 Å². The Morgan fingerprint density at radius 1 is 1.13 bits per heavy atom. The maximum atomic E-state index is 2.30. The van der Waals surface area contributed by atoms with Gasteiger partial charge in [0.15, 0.2) is 0 Å². The zero-order valence-electron chi connectivity index (χ0n) is 9.86. The molecule has 2 heteroatoms. The highest BCUT2D eigenvalue weighted by atomic mass is 15.1. The zero-order valence-corrected chi connectivity index (χ0v) is 9.86. The summed E-state index contributed by atoms with van der Waals surface area (Å²) in [5.74, 6) is 0. The Morgan fingerprint density at radius 2 is 1.87 bits per heavy atom. The van der Waals surface area contributed by atoms with Crippen molar-refractivity contribution >= 4 is 16.6 Å². The van der Waals surface area contributed by atoms with Crippen LogP contribution in [-0.2, 0) is 0 Å². The van der Waals surface area contributed by atoms with Gasteiger partial charge in [0.25, 0.3) is 0 Å². The maximum Gasteiger partial charge on any atom is 0.0484 e. The molecule has 1 heterocycles. The van der Waals surface area contributed by atoms with Gasteiger partial charge in [0.1, 0.15) is 0 Å². The molecule has 0 fully saturated rings. The summed E-state index contributed by atoms with van der Waals surface area (Å²) in [6, 6.07) is 9.30. The number of benzene rings is 1. The SMILES string of the molecule is CC(C)n1ccc2cc(N(C)C)ccc21. The van der Waals surface area contributed by atoms with Gasteiger partial charge in [0.2, 0.25) is 0 Å². The molecule has 2 aromatic rings. The fraction of sp³-hybridized carbons (Fsp3) is 0.385. The van der Waals surface area contributed by atoms with Gasteiger partial charge in [-0.1, -0.05) is 0 Å². The monoisotopic (exact) mass is 202 g/mol. The lowest BCUT2D eigenvalue weighted by Gasteiger charge is -2.13. The first-order valence-corrected chi connectivity index (χ1v) is 5.37. The highest BCUT2D eigenvalue weighted by molar-refractivity contribution is 5.84. The van der Waals surface area contributed by atoms with Crippen LogP contribution in [0.5, 0.6) is 0 Å². The van der Waals surface area contributed by atoms with Crippen LogP contribution in [0.15, 0.2) is 30.5 Å². The van der Waals surface area contributed by atoms with Gasteiger partial charge < -0.3 is 9.47 Å². The van der Waals surface area contributed by atoms with E-state index in [1.807, 2.05) is 0 Å². The van der Waals surface area contributed by atoms with E-state index in [-0.39, 0.29) is 0 Å². The normalized spacial score (nSPS) is 11.3. The second kappa shape index (κ2) is 3.61. The van der Waals surface area contributed by atoms with Crippen molar-refractivity contribution in [2.45, 2.75) is 19.9 Å². The average molecular weight is 202 g/mol. The summed E-state index contributed by atoms with van der Waals surface area (Å²) in [5.41, 5.74) is 2.57. The zero-order chi connectivity index (χ0) is 11.0. The molecule has 0 radical (unpaired) electrons. The molecule has 0 amide bonds. The minimum atomic E-state index is 0.521. The van der Waals surface area contributed by atoms with E-state index < -0.39 is 0 Å². The van der Waals surface area contributed by atoms with Crippen molar-refractivity contribution in [3.8, 4) is 0 Å². The lowest BCUT2D eigenvalue weighted by atomic mass is 10.2. The minimum absolute atomic E-state index is 0.521. The van der Waals surface area contributed by atoms with Crippen LogP contribution in [0.1, 0.15) is 19.9 Å². The molecule has 0 unspecified atom stereocenters. The maximum absolute atomic E-state index is 2.30. The van der Waals surface area contributed by atoms with Crippen molar-refractivity contribution in [3.63, 3.8) is 0 Å². The van der Waals surface area contributed by atoms with E-state index in [1.165, 1.54) is 16.6 Å². The quantitative estimate of drug-likeness (QED) is 0.725. The molecule has 0 N–H and O–H groups in total. The summed E-state index contributed by atoms with van der Waals surface area (Å²) in [6.45, 7) is 4.42. The standard InChI is InChI=1S/C13H18N2/c1-10(2)15-8-7-11-9-12(14(3)4)5-6-13(11)15/h5-10H,1-4H3. The number of hydrogen-bond acceptors (Lipinski definition) is 1. The fourth-order valence-corrected chi connectivity index (χ4v) is 1.88. The van der Waals surface area contributed by atoms with Crippen molar-refractivity contribution in [2.24, 2.45) is 0 Å². The predicted octanol–water partition coefficient (Wildman–Crippen LogP) is 3.29. The number of nitrogens with zero attached hydrogens (tertiary/aromatic N) is 2. The number of hydrogen-bond donors (Lipinski definition) is 0. The third-order valence-corrected chi connectivity index (χ3v) is 2.78. The van der Waals surface area contributed by atoms with Gasteiger partial charge in [-0.05, 0) is 38.1 Å². The molecule has 0 atom stereocenters. The first-order chi connectivity index (χ1) is 7.09. The molecule has 1 aromatic heterocycles. The van der Waals surface area contributed by atoms with Gasteiger partial charge in [0.05, 0.1) is 0 Å². The van der Waals surface area contributed by atoms with E-state index in [9.17, 15) is 0 Å². The van der Waals surface area contributed by atoms with Crippen LogP contribution in [0.4, 0.5) is 5.69 Å². The molecule has 80 valence electrons. The third-order valence-electron chi connectivity index (χ3n) is 2.78. The molecule has 2 rings (SSSR count). The van der Waals surface area contributed by atoms with Gasteiger partial charge in [-0.2, -0.15) is 0 Å². The third kappa shape index (κ3) is 1.72. The van der Waals surface area contributed by atoms with Gasteiger partial charge >= 0.3 is 0 Å². The van der Waals surface area contributed by atoms with Crippen LogP contribution in [0.2, 0.25) is 0 Å². The second-order valence-corrected chi connectivity index (χ2v) is 4.45. The van der Waals surface area contributed by atoms with Crippen LogP contribution in [0.3, 0.4) is 0 Å². The first-order valence-electron chi connectivity index (χ1n) is 5.37. The van der Waals surface area contributed by atoms with Crippen molar-refractivity contribution < 1.29 is 0 Å². The summed E-state index contributed by atoms with van der Waals surface area (Å²) in [5, 5.41) is 1.31. The lowest BCUT2D eigenvalue weighted by Crippen LogP contribution is -2.08. The molecule has 0 saturated heterocycles. The van der Waals surface area contributed by atoms with Gasteiger partial charge in [-0.3, -0.25) is 0 Å². The number of anilines is 1. The van der Waals surface area contributed by atoms with Crippen molar-refractivity contribution in [2.75, 3.05) is 19.0 Å². The number of rotatable bonds is 2. The summed E-state index contributed by atoms with van der Waals surface area (Å²) < 4.78 is 2.30. The minimum Gasteiger partial charge on any atom is -0.378 e. The molecule has 2 nitrogen and oxygen atoms in total. The van der Waals surface area contributed by atoms with E-state index in [1.54, 1.807) is 0 Å². The second-order valence-electron chi connectivity index (χ2n) is 4.45. The van der Waals surface area contributed by atoms with E-state index >= 15 is 0 Å². The molecule has 0 aliphatic rings. The Labute approximate surface area is 91.1 Å². The largest absolute Gasteiger partial charge is 0.378 e. The Balaban J connectivity index is 2.57. The Hall–Kier alpha value is -1.44. The summed E-state index contributed by atoms with van der Waals surface area (Å²) >= 11 is 0. The van der Waals surface area contributed by atoms with Crippen molar-refractivity contribution in [1.29, 1.82) is 0 Å². The van der Waals surface area contributed by atoms with Gasteiger partial charge in [0, 0.05) is 42.9 Å². The summed E-state index contributed by atoms with van der Waals surface area (Å²) in [4.78, 5) is 2.13. The first kappa shape index (κ1) is 10.1. The Kier molecular flexibility index (Phi) is 2.43. The van der Waals surface area contributed by atoms with Gasteiger partial charge in [-0.15, -0.1) is 0 Å². The van der Waals surface area contributed by atoms with Crippen LogP contribution in [-0.4, -0.2) is 18.7 Å². The fourth-order valence-electron chi connectivity index (χ4n) is 1.88. The van der Waals surface area contributed by atoms with Crippen LogP contribution in [0, 0.1) is 0 Å². The molecule has 0 spiro atoms. The van der Waals surface area contributed by atoms with Crippen molar-refractivity contribution in [3.05, 3.63) is 30.5 Å². The molecule has 0 bridgehead atoms. The molecule has 0 aliphatic carbocycles.